The second kappa shape index (κ2) is 6.56. The van der Waals surface area contributed by atoms with Crippen molar-refractivity contribution in [3.05, 3.63) is 62.9 Å². The maximum atomic E-state index is 14.1. The molecule has 0 amide bonds. The van der Waals surface area contributed by atoms with Crippen LogP contribution in [0.25, 0.3) is 0 Å². The molecule has 2 aromatic rings. The molecular formula is C20H16Cl2F3N3O2. The van der Waals surface area contributed by atoms with Gasteiger partial charge in [-0.25, -0.2) is 0 Å². The van der Waals surface area contributed by atoms with Crippen molar-refractivity contribution in [2.75, 3.05) is 20.1 Å². The summed E-state index contributed by atoms with van der Waals surface area (Å²) in [5.74, 6) is 0. The number of halogens is 5. The monoisotopic (exact) mass is 457 g/mol. The number of alkyl halides is 3. The molecule has 0 N–H and O–H groups in total. The predicted molar refractivity (Wildman–Crippen MR) is 105 cm³/mol. The van der Waals surface area contributed by atoms with E-state index in [0.717, 1.165) is 24.3 Å². The van der Waals surface area contributed by atoms with Gasteiger partial charge in [0.05, 0.1) is 24.4 Å². The van der Waals surface area contributed by atoms with Gasteiger partial charge in [0.1, 0.15) is 5.60 Å². The Hall–Kier alpha value is -1.87. The molecule has 5 nitrogen and oxygen atoms in total. The van der Waals surface area contributed by atoms with E-state index in [9.17, 15) is 13.2 Å². The maximum Gasteiger partial charge on any atom is 0.435 e. The smallest absolute Gasteiger partial charge is 0.374 e. The van der Waals surface area contributed by atoms with Crippen molar-refractivity contribution in [2.45, 2.75) is 30.4 Å². The topological polar surface area (TPSA) is 47.0 Å². The molecule has 3 aliphatic rings. The summed E-state index contributed by atoms with van der Waals surface area (Å²) in [7, 11) is 1.99. The number of nitrogens with zero attached hydrogens (tertiary/aromatic N) is 3. The number of likely N-dealkylation sites (tertiary alicyclic amines) is 1. The summed E-state index contributed by atoms with van der Waals surface area (Å²) in [4.78, 5) is 11.7. The summed E-state index contributed by atoms with van der Waals surface area (Å²) in [6.45, 7) is 1.85. The van der Waals surface area contributed by atoms with Gasteiger partial charge in [0, 0.05) is 46.0 Å². The van der Waals surface area contributed by atoms with E-state index in [-0.39, 0.29) is 21.3 Å². The molecule has 3 aliphatic heterocycles. The maximum absolute atomic E-state index is 14.1. The van der Waals surface area contributed by atoms with E-state index in [0.29, 0.717) is 12.2 Å². The van der Waals surface area contributed by atoms with Gasteiger partial charge in [-0.15, -0.1) is 0 Å². The van der Waals surface area contributed by atoms with E-state index >= 15 is 0 Å². The van der Waals surface area contributed by atoms with E-state index < -0.39 is 23.8 Å². The van der Waals surface area contributed by atoms with Crippen molar-refractivity contribution < 1.29 is 22.7 Å². The first-order chi connectivity index (χ1) is 14.1. The lowest BCUT2D eigenvalue weighted by Crippen LogP contribution is -2.57. The van der Waals surface area contributed by atoms with Gasteiger partial charge in [-0.2, -0.15) is 13.2 Å². The Balaban J connectivity index is 1.48. The highest BCUT2D eigenvalue weighted by Crippen LogP contribution is 2.50. The zero-order chi connectivity index (χ0) is 21.3. The molecule has 1 aromatic heterocycles. The summed E-state index contributed by atoms with van der Waals surface area (Å²) in [6, 6.07) is 5.55. The molecule has 4 heterocycles. The second-order valence-corrected chi connectivity index (χ2v) is 8.85. The number of aromatic nitrogens is 1. The summed E-state index contributed by atoms with van der Waals surface area (Å²) in [5.41, 5.74) is -0.938. The first-order valence-corrected chi connectivity index (χ1v) is 9.98. The van der Waals surface area contributed by atoms with Crippen LogP contribution in [0, 0.1) is 0 Å². The van der Waals surface area contributed by atoms with Crippen LogP contribution in [0.4, 0.5) is 13.2 Å². The molecule has 1 saturated heterocycles. The molecule has 0 aliphatic carbocycles. The molecule has 0 saturated carbocycles. The van der Waals surface area contributed by atoms with Crippen molar-refractivity contribution in [3.63, 3.8) is 0 Å². The first kappa shape index (κ1) is 20.1. The number of fused-ring (bicyclic) bond motifs is 2. The average molecular weight is 458 g/mol. The molecule has 1 aromatic carbocycles. The highest BCUT2D eigenvalue weighted by molar-refractivity contribution is 6.34. The van der Waals surface area contributed by atoms with Crippen LogP contribution in [0.15, 0.2) is 35.6 Å². The van der Waals surface area contributed by atoms with Crippen LogP contribution in [0.2, 0.25) is 10.0 Å². The fraction of sp³-hybridized carbons (Fsp3) is 0.400. The molecule has 0 bridgehead atoms. The van der Waals surface area contributed by atoms with Crippen molar-refractivity contribution in [1.29, 1.82) is 0 Å². The second-order valence-electron chi connectivity index (χ2n) is 7.98. The third-order valence-electron chi connectivity index (χ3n) is 5.80. The number of likely N-dealkylation sites (N-methyl/N-ethyl adjacent to an activating group) is 1. The zero-order valence-corrected chi connectivity index (χ0v) is 17.3. The minimum atomic E-state index is -4.74. The predicted octanol–water partition coefficient (Wildman–Crippen LogP) is 4.64. The number of hydrogen-bond donors (Lipinski definition) is 0. The van der Waals surface area contributed by atoms with Crippen molar-refractivity contribution in [1.82, 2.24) is 9.88 Å². The molecule has 1 fully saturated rings. The van der Waals surface area contributed by atoms with Gasteiger partial charge in [-0.05, 0) is 31.3 Å². The van der Waals surface area contributed by atoms with Gasteiger partial charge in [0.25, 0.3) is 5.60 Å². The van der Waals surface area contributed by atoms with Gasteiger partial charge >= 0.3 is 6.18 Å². The molecule has 158 valence electrons. The normalized spacial score (nSPS) is 25.1. The number of pyridine rings is 1. The van der Waals surface area contributed by atoms with Crippen LogP contribution in [-0.4, -0.2) is 41.9 Å². The molecule has 1 spiro atoms. The third-order valence-corrected chi connectivity index (χ3v) is 6.24. The van der Waals surface area contributed by atoms with E-state index in [4.69, 9.17) is 32.8 Å². The summed E-state index contributed by atoms with van der Waals surface area (Å²) >= 11 is 11.9. The van der Waals surface area contributed by atoms with Crippen molar-refractivity contribution in [3.8, 4) is 0 Å². The summed E-state index contributed by atoms with van der Waals surface area (Å²) in [5, 5.41) is 3.97. The van der Waals surface area contributed by atoms with Gasteiger partial charge < -0.3 is 9.57 Å². The Labute approximate surface area is 180 Å². The van der Waals surface area contributed by atoms with E-state index in [2.05, 4.69) is 15.0 Å². The summed E-state index contributed by atoms with van der Waals surface area (Å²) in [6.07, 6.45) is -3.71. The lowest BCUT2D eigenvalue weighted by atomic mass is 9.86. The summed E-state index contributed by atoms with van der Waals surface area (Å²) < 4.78 is 48.4. The van der Waals surface area contributed by atoms with E-state index in [1.54, 1.807) is 6.07 Å². The number of oxime groups is 1. The van der Waals surface area contributed by atoms with Crippen LogP contribution in [0.1, 0.15) is 28.8 Å². The minimum absolute atomic E-state index is 0.0882. The molecule has 1 atom stereocenters. The van der Waals surface area contributed by atoms with Gasteiger partial charge in [0.15, 0.2) is 0 Å². The third kappa shape index (κ3) is 2.92. The van der Waals surface area contributed by atoms with Crippen LogP contribution >= 0.6 is 23.2 Å². The Morgan fingerprint density at radius 3 is 2.43 bits per heavy atom. The largest absolute Gasteiger partial charge is 0.435 e. The minimum Gasteiger partial charge on any atom is -0.374 e. The van der Waals surface area contributed by atoms with E-state index in [1.165, 1.54) is 24.4 Å². The van der Waals surface area contributed by atoms with Gasteiger partial charge in [0.2, 0.25) is 0 Å². The van der Waals surface area contributed by atoms with Crippen LogP contribution in [0.5, 0.6) is 0 Å². The Bertz CT molecular complexity index is 1050. The highest BCUT2D eigenvalue weighted by atomic mass is 35.5. The van der Waals surface area contributed by atoms with Crippen molar-refractivity contribution in [2.24, 2.45) is 5.16 Å². The lowest BCUT2D eigenvalue weighted by Gasteiger charge is -2.44. The van der Waals surface area contributed by atoms with Crippen LogP contribution in [0.3, 0.4) is 0 Å². The Kier molecular flexibility index (Phi) is 4.39. The molecule has 30 heavy (non-hydrogen) atoms. The van der Waals surface area contributed by atoms with E-state index in [1.807, 2.05) is 7.05 Å². The van der Waals surface area contributed by atoms with Crippen LogP contribution in [-0.2, 0) is 27.4 Å². The molecular weight excluding hydrogens is 442 g/mol. The fourth-order valence-corrected chi connectivity index (χ4v) is 4.91. The number of rotatable bonds is 2. The lowest BCUT2D eigenvalue weighted by molar-refractivity contribution is -0.275. The molecule has 10 heteroatoms. The molecule has 0 radical (unpaired) electrons. The zero-order valence-electron chi connectivity index (χ0n) is 15.8. The molecule has 1 unspecified atom stereocenters. The SMILES string of the molecule is CN1CC2(C1)OCc1cc(C3=NOC(c4cc(Cl)cc(Cl)c4)(C(F)(F)F)C3)cnc12. The average Bonchev–Trinajstić information content (AvgIpc) is 3.24. The standard InChI is InChI=1S/C20H16Cl2F3N3O2/c1-28-9-18(10-28)17-12(8-29-18)2-11(7-26-17)16-6-19(30-27-16,20(23,24)25)13-3-14(21)5-15(22)4-13/h2-5,7H,6,8-10H2,1H3. The van der Waals surface area contributed by atoms with Crippen molar-refractivity contribution >= 4 is 28.9 Å². The van der Waals surface area contributed by atoms with Gasteiger partial charge in [-0.3, -0.25) is 9.88 Å². The highest BCUT2D eigenvalue weighted by Gasteiger charge is 2.62. The first-order valence-electron chi connectivity index (χ1n) is 9.23. The Morgan fingerprint density at radius 1 is 1.10 bits per heavy atom. The quantitative estimate of drug-likeness (QED) is 0.658. The van der Waals surface area contributed by atoms with Gasteiger partial charge in [-0.1, -0.05) is 28.4 Å². The number of hydrogen-bond acceptors (Lipinski definition) is 5. The number of benzene rings is 1. The molecule has 5 rings (SSSR count). The fourth-order valence-electron chi connectivity index (χ4n) is 4.38. The Morgan fingerprint density at radius 2 is 1.80 bits per heavy atom. The number of ether oxygens (including phenoxy) is 1. The van der Waals surface area contributed by atoms with Crippen LogP contribution < -0.4 is 0 Å².